The molecule has 0 radical (unpaired) electrons. The zero-order chi connectivity index (χ0) is 15.8. The lowest BCUT2D eigenvalue weighted by Crippen LogP contribution is -2.44. The second-order valence-corrected chi connectivity index (χ2v) is 4.83. The summed E-state index contributed by atoms with van der Waals surface area (Å²) in [6.45, 7) is 6.99. The van der Waals surface area contributed by atoms with Crippen LogP contribution in [0.25, 0.3) is 0 Å². The molecule has 0 amide bonds. The van der Waals surface area contributed by atoms with E-state index in [-0.39, 0.29) is 19.2 Å². The molecule has 0 rings (SSSR count). The van der Waals surface area contributed by atoms with Crippen LogP contribution in [0.1, 0.15) is 34.1 Å². The van der Waals surface area contributed by atoms with Crippen LogP contribution in [0.2, 0.25) is 0 Å². The molecule has 1 N–H and O–H groups in total. The van der Waals surface area contributed by atoms with Crippen molar-refractivity contribution in [3.8, 4) is 0 Å². The fourth-order valence-corrected chi connectivity index (χ4v) is 1.84. The number of rotatable bonds is 9. The minimum atomic E-state index is -4.23. The SMILES string of the molecule is CCNC(CCN(CC(F)(F)F)C(C)C)C(=O)OCC. The van der Waals surface area contributed by atoms with Gasteiger partial charge in [-0.25, -0.2) is 0 Å². The maximum Gasteiger partial charge on any atom is 0.401 e. The van der Waals surface area contributed by atoms with Crippen LogP contribution in [-0.4, -0.2) is 55.4 Å². The molecule has 0 bridgehead atoms. The van der Waals surface area contributed by atoms with Crippen molar-refractivity contribution in [2.24, 2.45) is 0 Å². The van der Waals surface area contributed by atoms with Crippen molar-refractivity contribution >= 4 is 5.97 Å². The third-order valence-electron chi connectivity index (χ3n) is 2.84. The van der Waals surface area contributed by atoms with E-state index in [0.29, 0.717) is 13.0 Å². The Balaban J connectivity index is 4.50. The van der Waals surface area contributed by atoms with Gasteiger partial charge < -0.3 is 10.1 Å². The Bertz CT molecular complexity index is 283. The summed E-state index contributed by atoms with van der Waals surface area (Å²) in [6, 6.07) is -0.796. The van der Waals surface area contributed by atoms with Crippen molar-refractivity contribution < 1.29 is 22.7 Å². The lowest BCUT2D eigenvalue weighted by Gasteiger charge is -2.28. The first-order valence-electron chi connectivity index (χ1n) is 6.92. The van der Waals surface area contributed by atoms with Crippen molar-refractivity contribution in [1.82, 2.24) is 10.2 Å². The number of esters is 1. The van der Waals surface area contributed by atoms with E-state index in [9.17, 15) is 18.0 Å². The number of hydrogen-bond donors (Lipinski definition) is 1. The molecule has 0 heterocycles. The van der Waals surface area contributed by atoms with Crippen molar-refractivity contribution in [1.29, 1.82) is 0 Å². The Morgan fingerprint density at radius 1 is 1.30 bits per heavy atom. The van der Waals surface area contributed by atoms with E-state index in [1.54, 1.807) is 20.8 Å². The summed E-state index contributed by atoms with van der Waals surface area (Å²) in [6.07, 6.45) is -3.94. The fourth-order valence-electron chi connectivity index (χ4n) is 1.84. The highest BCUT2D eigenvalue weighted by Crippen LogP contribution is 2.18. The average molecular weight is 298 g/mol. The summed E-state index contributed by atoms with van der Waals surface area (Å²) in [5.41, 5.74) is 0. The third kappa shape index (κ3) is 8.37. The molecule has 4 nitrogen and oxygen atoms in total. The summed E-state index contributed by atoms with van der Waals surface area (Å²) >= 11 is 0. The molecule has 0 aliphatic rings. The van der Waals surface area contributed by atoms with Crippen LogP contribution in [0.4, 0.5) is 13.2 Å². The summed E-state index contributed by atoms with van der Waals surface area (Å²) in [5, 5.41) is 2.94. The van der Waals surface area contributed by atoms with Gasteiger partial charge in [-0.1, -0.05) is 6.92 Å². The van der Waals surface area contributed by atoms with Gasteiger partial charge in [-0.05, 0) is 33.7 Å². The van der Waals surface area contributed by atoms with Crippen molar-refractivity contribution in [3.63, 3.8) is 0 Å². The Kier molecular flexibility index (Phi) is 8.80. The minimum Gasteiger partial charge on any atom is -0.465 e. The molecule has 0 spiro atoms. The van der Waals surface area contributed by atoms with Crippen LogP contribution < -0.4 is 5.32 Å². The highest BCUT2D eigenvalue weighted by Gasteiger charge is 2.32. The van der Waals surface area contributed by atoms with E-state index < -0.39 is 24.7 Å². The monoisotopic (exact) mass is 298 g/mol. The molecular formula is C13H25F3N2O2. The molecular weight excluding hydrogens is 273 g/mol. The molecule has 7 heteroatoms. The topological polar surface area (TPSA) is 41.6 Å². The molecule has 0 aromatic rings. The Labute approximate surface area is 118 Å². The maximum atomic E-state index is 12.5. The van der Waals surface area contributed by atoms with Gasteiger partial charge in [-0.2, -0.15) is 13.2 Å². The van der Waals surface area contributed by atoms with Crippen molar-refractivity contribution in [3.05, 3.63) is 0 Å². The second-order valence-electron chi connectivity index (χ2n) is 4.83. The molecule has 1 unspecified atom stereocenters. The molecule has 20 heavy (non-hydrogen) atoms. The van der Waals surface area contributed by atoms with Crippen LogP contribution in [0.15, 0.2) is 0 Å². The van der Waals surface area contributed by atoms with Crippen molar-refractivity contribution in [2.75, 3.05) is 26.2 Å². The number of likely N-dealkylation sites (N-methyl/N-ethyl adjacent to an activating group) is 1. The highest BCUT2D eigenvalue weighted by atomic mass is 19.4. The first kappa shape index (κ1) is 19.2. The third-order valence-corrected chi connectivity index (χ3v) is 2.84. The fraction of sp³-hybridized carbons (Fsp3) is 0.923. The van der Waals surface area contributed by atoms with Gasteiger partial charge in [-0.15, -0.1) is 0 Å². The molecule has 0 aliphatic heterocycles. The zero-order valence-corrected chi connectivity index (χ0v) is 12.6. The molecule has 120 valence electrons. The summed E-state index contributed by atoms with van der Waals surface area (Å²) in [4.78, 5) is 13.0. The van der Waals surface area contributed by atoms with Crippen LogP contribution in [0.3, 0.4) is 0 Å². The normalized spacial score (nSPS) is 13.8. The smallest absolute Gasteiger partial charge is 0.401 e. The molecule has 0 fully saturated rings. The van der Waals surface area contributed by atoms with E-state index in [1.807, 2.05) is 6.92 Å². The number of halogens is 3. The summed E-state index contributed by atoms with van der Waals surface area (Å²) in [5.74, 6) is -0.412. The predicted octanol–water partition coefficient (Wildman–Crippen LogP) is 2.19. The van der Waals surface area contributed by atoms with E-state index >= 15 is 0 Å². The number of nitrogens with zero attached hydrogens (tertiary/aromatic N) is 1. The molecule has 1 atom stereocenters. The molecule has 0 saturated carbocycles. The average Bonchev–Trinajstić information content (AvgIpc) is 2.31. The van der Waals surface area contributed by atoms with Gasteiger partial charge in [0, 0.05) is 12.6 Å². The number of alkyl halides is 3. The second kappa shape index (κ2) is 9.18. The summed E-state index contributed by atoms with van der Waals surface area (Å²) in [7, 11) is 0. The van der Waals surface area contributed by atoms with Gasteiger partial charge >= 0.3 is 12.1 Å². The molecule has 0 aromatic carbocycles. The first-order valence-corrected chi connectivity index (χ1v) is 6.92. The highest BCUT2D eigenvalue weighted by molar-refractivity contribution is 5.75. The number of ether oxygens (including phenoxy) is 1. The van der Waals surface area contributed by atoms with Gasteiger partial charge in [-0.3, -0.25) is 9.69 Å². The van der Waals surface area contributed by atoms with E-state index in [4.69, 9.17) is 4.74 Å². The van der Waals surface area contributed by atoms with Crippen LogP contribution in [-0.2, 0) is 9.53 Å². The zero-order valence-electron chi connectivity index (χ0n) is 12.6. The summed E-state index contributed by atoms with van der Waals surface area (Å²) < 4.78 is 42.3. The van der Waals surface area contributed by atoms with Gasteiger partial charge in [0.25, 0.3) is 0 Å². The van der Waals surface area contributed by atoms with Gasteiger partial charge in [0.15, 0.2) is 0 Å². The largest absolute Gasteiger partial charge is 0.465 e. The Hall–Kier alpha value is -0.820. The quantitative estimate of drug-likeness (QED) is 0.663. The minimum absolute atomic E-state index is 0.188. The van der Waals surface area contributed by atoms with Crippen LogP contribution in [0, 0.1) is 0 Å². The van der Waals surface area contributed by atoms with E-state index in [0.717, 1.165) is 0 Å². The molecule has 0 aliphatic carbocycles. The Morgan fingerprint density at radius 3 is 2.30 bits per heavy atom. The predicted molar refractivity (Wildman–Crippen MR) is 71.5 cm³/mol. The van der Waals surface area contributed by atoms with E-state index in [1.165, 1.54) is 4.90 Å². The van der Waals surface area contributed by atoms with E-state index in [2.05, 4.69) is 5.32 Å². The Morgan fingerprint density at radius 2 is 1.90 bits per heavy atom. The van der Waals surface area contributed by atoms with Gasteiger partial charge in [0.1, 0.15) is 6.04 Å². The van der Waals surface area contributed by atoms with Crippen LogP contribution >= 0.6 is 0 Å². The number of hydrogen-bond acceptors (Lipinski definition) is 4. The molecule has 0 saturated heterocycles. The maximum absolute atomic E-state index is 12.5. The van der Waals surface area contributed by atoms with Gasteiger partial charge in [0.05, 0.1) is 13.2 Å². The van der Waals surface area contributed by atoms with Crippen molar-refractivity contribution in [2.45, 2.75) is 52.4 Å². The number of nitrogens with one attached hydrogen (secondary N) is 1. The van der Waals surface area contributed by atoms with Gasteiger partial charge in [0.2, 0.25) is 0 Å². The number of carbonyl (C=O) groups excluding carboxylic acids is 1. The molecule has 0 aromatic heterocycles. The lowest BCUT2D eigenvalue weighted by atomic mass is 10.1. The lowest BCUT2D eigenvalue weighted by molar-refractivity contribution is -0.151. The van der Waals surface area contributed by atoms with Crippen LogP contribution in [0.5, 0.6) is 0 Å². The standard InChI is InChI=1S/C13H25F3N2O2/c1-5-17-11(12(19)20-6-2)7-8-18(10(3)4)9-13(14,15)16/h10-11,17H,5-9H2,1-4H3. The first-order chi connectivity index (χ1) is 9.21. The number of carbonyl (C=O) groups is 1.